The van der Waals surface area contributed by atoms with Crippen molar-refractivity contribution >= 4 is 0 Å². The normalized spacial score (nSPS) is 13.9. The molecule has 0 amide bonds. The molecule has 0 bridgehead atoms. The van der Waals surface area contributed by atoms with Crippen LogP contribution in [0.15, 0.2) is 24.3 Å². The highest BCUT2D eigenvalue weighted by molar-refractivity contribution is 5.21. The van der Waals surface area contributed by atoms with E-state index in [4.69, 9.17) is 0 Å². The first-order valence-electron chi connectivity index (χ1n) is 5.19. The van der Waals surface area contributed by atoms with Gasteiger partial charge in [-0.3, -0.25) is 0 Å². The summed E-state index contributed by atoms with van der Waals surface area (Å²) in [5, 5.41) is 20.0. The van der Waals surface area contributed by atoms with Gasteiger partial charge in [-0.25, -0.2) is 4.39 Å². The Morgan fingerprint density at radius 2 is 1.67 bits per heavy atom. The molecule has 0 spiro atoms. The molecule has 1 aromatic carbocycles. The lowest BCUT2D eigenvalue weighted by Gasteiger charge is -2.31. The lowest BCUT2D eigenvalue weighted by molar-refractivity contribution is -0.0821. The Bertz CT molecular complexity index is 304. The van der Waals surface area contributed by atoms with Gasteiger partial charge in [-0.05, 0) is 30.5 Å². The van der Waals surface area contributed by atoms with Gasteiger partial charge in [0.05, 0.1) is 5.60 Å². The van der Waals surface area contributed by atoms with Crippen LogP contribution in [-0.4, -0.2) is 15.8 Å². The zero-order chi connectivity index (χ0) is 11.5. The largest absolute Gasteiger partial charge is 0.387 e. The molecule has 0 aliphatic rings. The molecule has 84 valence electrons. The number of halogens is 1. The van der Waals surface area contributed by atoms with Crippen LogP contribution in [0.1, 0.15) is 38.4 Å². The molecule has 2 nitrogen and oxygen atoms in total. The summed E-state index contributed by atoms with van der Waals surface area (Å²) in [6.45, 7) is 3.63. The van der Waals surface area contributed by atoms with Gasteiger partial charge < -0.3 is 10.2 Å². The molecule has 1 unspecified atom stereocenters. The Morgan fingerprint density at radius 3 is 2.07 bits per heavy atom. The fraction of sp³-hybridized carbons (Fsp3) is 0.500. The van der Waals surface area contributed by atoms with E-state index in [0.717, 1.165) is 0 Å². The van der Waals surface area contributed by atoms with Crippen molar-refractivity contribution in [1.29, 1.82) is 0 Å². The van der Waals surface area contributed by atoms with E-state index in [1.165, 1.54) is 24.3 Å². The predicted molar refractivity (Wildman–Crippen MR) is 56.9 cm³/mol. The quantitative estimate of drug-likeness (QED) is 0.804. The van der Waals surface area contributed by atoms with E-state index in [1.54, 1.807) is 0 Å². The molecule has 0 aromatic heterocycles. The van der Waals surface area contributed by atoms with Crippen molar-refractivity contribution < 1.29 is 14.6 Å². The maximum atomic E-state index is 12.7. The Morgan fingerprint density at radius 1 is 1.20 bits per heavy atom. The fourth-order valence-electron chi connectivity index (χ4n) is 1.59. The molecule has 0 fully saturated rings. The first-order valence-corrected chi connectivity index (χ1v) is 5.19. The SMILES string of the molecule is CCC(O)(CC)C(O)c1ccc(F)cc1. The number of hydrogen-bond acceptors (Lipinski definition) is 2. The van der Waals surface area contributed by atoms with Crippen molar-refractivity contribution in [3.63, 3.8) is 0 Å². The minimum atomic E-state index is -1.13. The Hall–Kier alpha value is -0.930. The smallest absolute Gasteiger partial charge is 0.123 e. The topological polar surface area (TPSA) is 40.5 Å². The second kappa shape index (κ2) is 4.73. The van der Waals surface area contributed by atoms with Crippen LogP contribution in [0.4, 0.5) is 4.39 Å². The van der Waals surface area contributed by atoms with Crippen molar-refractivity contribution in [2.45, 2.75) is 38.4 Å². The number of aliphatic hydroxyl groups is 2. The van der Waals surface area contributed by atoms with Crippen LogP contribution in [0.2, 0.25) is 0 Å². The molecule has 15 heavy (non-hydrogen) atoms. The lowest BCUT2D eigenvalue weighted by Crippen LogP contribution is -2.34. The molecular weight excluding hydrogens is 195 g/mol. The van der Waals surface area contributed by atoms with Gasteiger partial charge in [-0.1, -0.05) is 26.0 Å². The molecule has 0 aliphatic carbocycles. The van der Waals surface area contributed by atoms with Gasteiger partial charge in [0, 0.05) is 0 Å². The van der Waals surface area contributed by atoms with Gasteiger partial charge in [0.15, 0.2) is 0 Å². The van der Waals surface area contributed by atoms with Crippen molar-refractivity contribution in [3.8, 4) is 0 Å². The maximum Gasteiger partial charge on any atom is 0.123 e. The third-order valence-electron chi connectivity index (χ3n) is 2.92. The van der Waals surface area contributed by atoms with Gasteiger partial charge in [-0.15, -0.1) is 0 Å². The summed E-state index contributed by atoms with van der Waals surface area (Å²) in [6.07, 6.45) is -0.0440. The average Bonchev–Trinajstić information content (AvgIpc) is 2.28. The van der Waals surface area contributed by atoms with E-state index < -0.39 is 11.7 Å². The first-order chi connectivity index (χ1) is 7.03. The standard InChI is InChI=1S/C12H17FO2/c1-3-12(15,4-2)11(14)9-5-7-10(13)8-6-9/h5-8,11,14-15H,3-4H2,1-2H3. The van der Waals surface area contributed by atoms with E-state index in [9.17, 15) is 14.6 Å². The van der Waals surface area contributed by atoms with Crippen LogP contribution in [0.25, 0.3) is 0 Å². The van der Waals surface area contributed by atoms with Gasteiger partial charge in [0.2, 0.25) is 0 Å². The molecule has 1 rings (SSSR count). The average molecular weight is 212 g/mol. The maximum absolute atomic E-state index is 12.7. The van der Waals surface area contributed by atoms with Crippen LogP contribution in [0, 0.1) is 5.82 Å². The molecule has 0 saturated heterocycles. The monoisotopic (exact) mass is 212 g/mol. The van der Waals surface area contributed by atoms with Crippen molar-refractivity contribution in [1.82, 2.24) is 0 Å². The Balaban J connectivity index is 2.92. The number of aliphatic hydroxyl groups excluding tert-OH is 1. The van der Waals surface area contributed by atoms with E-state index in [0.29, 0.717) is 18.4 Å². The summed E-state index contributed by atoms with van der Waals surface area (Å²) in [6, 6.07) is 5.56. The van der Waals surface area contributed by atoms with Gasteiger partial charge in [0.1, 0.15) is 11.9 Å². The van der Waals surface area contributed by atoms with Crippen molar-refractivity contribution in [3.05, 3.63) is 35.6 Å². The van der Waals surface area contributed by atoms with E-state index in [2.05, 4.69) is 0 Å². The van der Waals surface area contributed by atoms with Crippen LogP contribution in [0.5, 0.6) is 0 Å². The third-order valence-corrected chi connectivity index (χ3v) is 2.92. The van der Waals surface area contributed by atoms with Gasteiger partial charge in [0.25, 0.3) is 0 Å². The summed E-state index contributed by atoms with van der Waals surface area (Å²) in [5.74, 6) is -0.345. The minimum absolute atomic E-state index is 0.345. The number of hydrogen-bond donors (Lipinski definition) is 2. The van der Waals surface area contributed by atoms with Crippen molar-refractivity contribution in [2.75, 3.05) is 0 Å². The van der Waals surface area contributed by atoms with Crippen LogP contribution >= 0.6 is 0 Å². The minimum Gasteiger partial charge on any atom is -0.387 e. The number of benzene rings is 1. The van der Waals surface area contributed by atoms with Crippen LogP contribution in [-0.2, 0) is 0 Å². The lowest BCUT2D eigenvalue weighted by atomic mass is 9.86. The number of rotatable bonds is 4. The second-order valence-corrected chi connectivity index (χ2v) is 3.76. The summed E-state index contributed by atoms with van der Waals surface area (Å²) in [4.78, 5) is 0. The first kappa shape index (κ1) is 12.1. The van der Waals surface area contributed by atoms with Crippen LogP contribution < -0.4 is 0 Å². The molecule has 0 aliphatic heterocycles. The molecular formula is C12H17FO2. The summed E-state index contributed by atoms with van der Waals surface area (Å²) < 4.78 is 12.7. The van der Waals surface area contributed by atoms with E-state index in [1.807, 2.05) is 13.8 Å². The highest BCUT2D eigenvalue weighted by Crippen LogP contribution is 2.31. The summed E-state index contributed by atoms with van der Waals surface area (Å²) in [7, 11) is 0. The molecule has 1 aromatic rings. The zero-order valence-corrected chi connectivity index (χ0v) is 9.07. The zero-order valence-electron chi connectivity index (χ0n) is 9.07. The molecule has 1 atom stereocenters. The molecule has 3 heteroatoms. The van der Waals surface area contributed by atoms with E-state index in [-0.39, 0.29) is 5.82 Å². The summed E-state index contributed by atoms with van der Waals surface area (Å²) in [5.41, 5.74) is -0.583. The van der Waals surface area contributed by atoms with Crippen molar-refractivity contribution in [2.24, 2.45) is 0 Å². The predicted octanol–water partition coefficient (Wildman–Crippen LogP) is 2.41. The fourth-order valence-corrected chi connectivity index (χ4v) is 1.59. The Kier molecular flexibility index (Phi) is 3.83. The molecule has 0 saturated carbocycles. The molecule has 0 radical (unpaired) electrons. The highest BCUT2D eigenvalue weighted by Gasteiger charge is 2.32. The Labute approximate surface area is 89.4 Å². The van der Waals surface area contributed by atoms with Crippen LogP contribution in [0.3, 0.4) is 0 Å². The van der Waals surface area contributed by atoms with Gasteiger partial charge >= 0.3 is 0 Å². The molecule has 0 heterocycles. The summed E-state index contributed by atoms with van der Waals surface area (Å²) >= 11 is 0. The molecule has 2 N–H and O–H groups in total. The van der Waals surface area contributed by atoms with E-state index >= 15 is 0 Å². The third kappa shape index (κ3) is 2.55. The second-order valence-electron chi connectivity index (χ2n) is 3.76. The van der Waals surface area contributed by atoms with Gasteiger partial charge in [-0.2, -0.15) is 0 Å². The highest BCUT2D eigenvalue weighted by atomic mass is 19.1.